The largest absolute Gasteiger partial charge is 0.429 e. The Bertz CT molecular complexity index is 1010. The number of oxazole rings is 1. The normalized spacial score (nSPS) is 16.5. The molecule has 0 spiro atoms. The van der Waals surface area contributed by atoms with Crippen molar-refractivity contribution >= 4 is 29.1 Å². The Balaban J connectivity index is 1.45. The predicted octanol–water partition coefficient (Wildman–Crippen LogP) is 4.55. The highest BCUT2D eigenvalue weighted by molar-refractivity contribution is 7.71. The fraction of sp³-hybridized carbons (Fsp3) is 0.368. The second-order valence-electron chi connectivity index (χ2n) is 6.77. The van der Waals surface area contributed by atoms with E-state index in [-0.39, 0.29) is 0 Å². The molecule has 0 aliphatic carbocycles. The van der Waals surface area contributed by atoms with Gasteiger partial charge >= 0.3 is 6.18 Å². The maximum atomic E-state index is 12.7. The fourth-order valence-corrected chi connectivity index (χ4v) is 3.68. The third-order valence-electron chi connectivity index (χ3n) is 4.90. The molecule has 0 radical (unpaired) electrons. The predicted molar refractivity (Wildman–Crippen MR) is 103 cm³/mol. The molecule has 3 aromatic rings. The molecule has 0 amide bonds. The molecule has 9 heteroatoms. The van der Waals surface area contributed by atoms with Crippen LogP contribution in [-0.4, -0.2) is 40.6 Å². The quantitative estimate of drug-likeness (QED) is 0.595. The number of anilines is 1. The van der Waals surface area contributed by atoms with Crippen LogP contribution in [0.4, 0.5) is 19.0 Å². The molecule has 0 bridgehead atoms. The Kier molecular flexibility index (Phi) is 5.11. The molecule has 1 saturated heterocycles. The van der Waals surface area contributed by atoms with Crippen molar-refractivity contribution < 1.29 is 17.6 Å². The number of alkyl halides is 3. The van der Waals surface area contributed by atoms with Crippen molar-refractivity contribution in [1.29, 1.82) is 0 Å². The smallest absolute Gasteiger partial charge is 0.417 e. The van der Waals surface area contributed by atoms with Gasteiger partial charge < -0.3 is 9.32 Å². The number of halogens is 3. The van der Waals surface area contributed by atoms with Crippen LogP contribution in [0.15, 0.2) is 47.0 Å². The van der Waals surface area contributed by atoms with Gasteiger partial charge in [0, 0.05) is 32.4 Å². The van der Waals surface area contributed by atoms with Gasteiger partial charge in [0.05, 0.1) is 17.7 Å². The molecule has 0 N–H and O–H groups in total. The zero-order valence-electron chi connectivity index (χ0n) is 15.0. The number of nitrogens with zero attached hydrogens (tertiary/aromatic N) is 4. The maximum absolute atomic E-state index is 12.7. The topological polar surface area (TPSA) is 37.4 Å². The van der Waals surface area contributed by atoms with Crippen molar-refractivity contribution in [2.45, 2.75) is 19.3 Å². The van der Waals surface area contributed by atoms with Gasteiger partial charge in [0.15, 0.2) is 5.58 Å². The first-order valence-corrected chi connectivity index (χ1v) is 9.41. The lowest BCUT2D eigenvalue weighted by atomic mass is 10.2. The summed E-state index contributed by atoms with van der Waals surface area (Å²) in [5.74, 6) is 0.570. The SMILES string of the molecule is FC(F)(F)c1ccc(N2CCCN(Cn3c(=S)oc4ccccc43)CC2)nc1. The third kappa shape index (κ3) is 3.90. The minimum absolute atomic E-state index is 0.437. The number of aromatic nitrogens is 2. The number of hydrogen-bond donors (Lipinski definition) is 0. The van der Waals surface area contributed by atoms with Gasteiger partial charge in [0.25, 0.3) is 4.84 Å². The van der Waals surface area contributed by atoms with Crippen molar-refractivity contribution in [2.24, 2.45) is 0 Å². The van der Waals surface area contributed by atoms with E-state index in [1.54, 1.807) is 0 Å². The number of fused-ring (bicyclic) bond motifs is 1. The molecular weight excluding hydrogens is 389 g/mol. The standard InChI is InChI=1S/C19H19F3N4OS/c20-19(21,22)14-6-7-17(23-12-14)25-9-3-8-24(10-11-25)13-26-15-4-1-2-5-16(15)27-18(26)28/h1-2,4-7,12H,3,8-11,13H2. The first-order valence-electron chi connectivity index (χ1n) is 9.01. The van der Waals surface area contributed by atoms with Crippen LogP contribution in [-0.2, 0) is 12.8 Å². The first-order chi connectivity index (χ1) is 13.4. The van der Waals surface area contributed by atoms with Crippen LogP contribution in [0.2, 0.25) is 0 Å². The molecule has 2 aromatic heterocycles. The molecule has 1 aliphatic rings. The molecule has 5 nitrogen and oxygen atoms in total. The summed E-state index contributed by atoms with van der Waals surface area (Å²) in [6.07, 6.45) is -2.59. The van der Waals surface area contributed by atoms with Crippen LogP contribution in [0.5, 0.6) is 0 Å². The number of benzene rings is 1. The van der Waals surface area contributed by atoms with Crippen LogP contribution >= 0.6 is 12.2 Å². The average molecular weight is 408 g/mol. The van der Waals surface area contributed by atoms with E-state index in [4.69, 9.17) is 16.6 Å². The van der Waals surface area contributed by atoms with Crippen LogP contribution < -0.4 is 4.90 Å². The summed E-state index contributed by atoms with van der Waals surface area (Å²) in [5, 5.41) is 0. The summed E-state index contributed by atoms with van der Waals surface area (Å²) in [7, 11) is 0. The lowest BCUT2D eigenvalue weighted by Gasteiger charge is -2.23. The molecule has 0 unspecified atom stereocenters. The Labute approximate surface area is 165 Å². The Hall–Kier alpha value is -2.39. The highest BCUT2D eigenvalue weighted by Gasteiger charge is 2.31. The molecule has 1 aliphatic heterocycles. The van der Waals surface area contributed by atoms with E-state index in [9.17, 15) is 13.2 Å². The molecule has 0 saturated carbocycles. The number of rotatable bonds is 3. The summed E-state index contributed by atoms with van der Waals surface area (Å²) in [5.41, 5.74) is 0.991. The highest BCUT2D eigenvalue weighted by atomic mass is 32.1. The van der Waals surface area contributed by atoms with Crippen molar-refractivity contribution in [2.75, 3.05) is 31.1 Å². The van der Waals surface area contributed by atoms with E-state index in [2.05, 4.69) is 9.88 Å². The van der Waals surface area contributed by atoms with Gasteiger partial charge in [-0.15, -0.1) is 0 Å². The Morgan fingerprint density at radius 3 is 2.61 bits per heavy atom. The lowest BCUT2D eigenvalue weighted by molar-refractivity contribution is -0.137. The first kappa shape index (κ1) is 18.9. The molecule has 3 heterocycles. The third-order valence-corrected chi connectivity index (χ3v) is 5.21. The van der Waals surface area contributed by atoms with Gasteiger partial charge in [0.2, 0.25) is 0 Å². The fourth-order valence-electron chi connectivity index (χ4n) is 3.43. The van der Waals surface area contributed by atoms with Crippen molar-refractivity contribution in [1.82, 2.24) is 14.5 Å². The van der Waals surface area contributed by atoms with E-state index in [1.165, 1.54) is 6.07 Å². The summed E-state index contributed by atoms with van der Waals surface area (Å²) < 4.78 is 45.8. The van der Waals surface area contributed by atoms with Gasteiger partial charge in [-0.1, -0.05) is 12.1 Å². The summed E-state index contributed by atoms with van der Waals surface area (Å²) in [6, 6.07) is 10.3. The van der Waals surface area contributed by atoms with Gasteiger partial charge in [-0.2, -0.15) is 13.2 Å². The molecular formula is C19H19F3N4OS. The second kappa shape index (κ2) is 7.56. The minimum atomic E-state index is -4.37. The van der Waals surface area contributed by atoms with E-state index < -0.39 is 11.7 Å². The summed E-state index contributed by atoms with van der Waals surface area (Å²) >= 11 is 5.35. The maximum Gasteiger partial charge on any atom is 0.417 e. The highest BCUT2D eigenvalue weighted by Crippen LogP contribution is 2.29. The minimum Gasteiger partial charge on any atom is -0.429 e. The van der Waals surface area contributed by atoms with Crippen LogP contribution in [0.1, 0.15) is 12.0 Å². The summed E-state index contributed by atoms with van der Waals surface area (Å²) in [4.78, 5) is 8.74. The van der Waals surface area contributed by atoms with Crippen molar-refractivity contribution in [3.8, 4) is 0 Å². The molecule has 148 valence electrons. The molecule has 1 fully saturated rings. The Morgan fingerprint density at radius 1 is 1.04 bits per heavy atom. The zero-order valence-corrected chi connectivity index (χ0v) is 15.8. The number of hydrogen-bond acceptors (Lipinski definition) is 5. The van der Waals surface area contributed by atoms with Crippen molar-refractivity contribution in [3.63, 3.8) is 0 Å². The van der Waals surface area contributed by atoms with Crippen LogP contribution in [0.25, 0.3) is 11.1 Å². The monoisotopic (exact) mass is 408 g/mol. The molecule has 1 aromatic carbocycles. The molecule has 4 rings (SSSR count). The number of para-hydroxylation sites is 2. The van der Waals surface area contributed by atoms with Gasteiger partial charge in [0.1, 0.15) is 5.82 Å². The van der Waals surface area contributed by atoms with Crippen LogP contribution in [0, 0.1) is 4.84 Å². The van der Waals surface area contributed by atoms with Gasteiger partial charge in [-0.05, 0) is 42.9 Å². The van der Waals surface area contributed by atoms with E-state index in [1.807, 2.05) is 33.7 Å². The van der Waals surface area contributed by atoms with E-state index >= 15 is 0 Å². The zero-order chi connectivity index (χ0) is 19.7. The number of pyridine rings is 1. The second-order valence-corrected chi connectivity index (χ2v) is 7.12. The molecule has 28 heavy (non-hydrogen) atoms. The average Bonchev–Trinajstić information content (AvgIpc) is 2.83. The van der Waals surface area contributed by atoms with Crippen molar-refractivity contribution in [3.05, 3.63) is 53.0 Å². The van der Waals surface area contributed by atoms with Gasteiger partial charge in [-0.25, -0.2) is 4.98 Å². The molecule has 0 atom stereocenters. The van der Waals surface area contributed by atoms with E-state index in [0.29, 0.717) is 23.9 Å². The summed E-state index contributed by atoms with van der Waals surface area (Å²) in [6.45, 7) is 3.65. The lowest BCUT2D eigenvalue weighted by Crippen LogP contribution is -2.32. The van der Waals surface area contributed by atoms with Gasteiger partial charge in [-0.3, -0.25) is 9.47 Å². The van der Waals surface area contributed by atoms with E-state index in [0.717, 1.165) is 49.4 Å². The Morgan fingerprint density at radius 2 is 1.86 bits per heavy atom. The van der Waals surface area contributed by atoms with Crippen LogP contribution in [0.3, 0.4) is 0 Å².